The summed E-state index contributed by atoms with van der Waals surface area (Å²) in [5, 5.41) is 9.75. The van der Waals surface area contributed by atoms with Gasteiger partial charge in [0.1, 0.15) is 6.10 Å². The minimum atomic E-state index is -4.64. The van der Waals surface area contributed by atoms with E-state index in [0.717, 1.165) is 0 Å². The van der Waals surface area contributed by atoms with Crippen LogP contribution >= 0.6 is 7.82 Å². The first-order valence-electron chi connectivity index (χ1n) is 5.64. The normalized spacial score (nSPS) is 26.9. The molecule has 1 saturated heterocycles. The summed E-state index contributed by atoms with van der Waals surface area (Å²) in [5.41, 5.74) is 5.00. The molecule has 0 spiro atoms. The summed E-state index contributed by atoms with van der Waals surface area (Å²) in [7, 11) is -4.64. The van der Waals surface area contributed by atoms with Crippen LogP contribution in [-0.4, -0.2) is 43.7 Å². The van der Waals surface area contributed by atoms with Gasteiger partial charge in [-0.2, -0.15) is 0 Å². The molecule has 0 unspecified atom stereocenters. The summed E-state index contributed by atoms with van der Waals surface area (Å²) in [4.78, 5) is 34.9. The Kier molecular flexibility index (Phi) is 4.23. The molecular formula is C9H14N3O7P. The molecule has 0 bridgehead atoms. The Balaban J connectivity index is 2.06. The van der Waals surface area contributed by atoms with Crippen molar-refractivity contribution in [3.63, 3.8) is 0 Å². The van der Waals surface area contributed by atoms with Crippen LogP contribution in [-0.2, 0) is 13.8 Å². The molecule has 1 aliphatic rings. The second kappa shape index (κ2) is 5.60. The number of aliphatic hydroxyl groups is 1. The lowest BCUT2D eigenvalue weighted by Gasteiger charge is -2.15. The van der Waals surface area contributed by atoms with Crippen molar-refractivity contribution in [2.75, 3.05) is 12.3 Å². The fraction of sp³-hybridized carbons (Fsp3) is 0.556. The van der Waals surface area contributed by atoms with Crippen molar-refractivity contribution in [2.45, 2.75) is 24.7 Å². The quantitative estimate of drug-likeness (QED) is 0.422. The maximum absolute atomic E-state index is 11.7. The molecule has 1 aromatic rings. The lowest BCUT2D eigenvalue weighted by Crippen LogP contribution is -2.26. The van der Waals surface area contributed by atoms with E-state index < -0.39 is 38.3 Å². The smallest absolute Gasteiger partial charge is 0.390 e. The number of phosphoric acid groups is 1. The van der Waals surface area contributed by atoms with Crippen molar-refractivity contribution in [2.24, 2.45) is 0 Å². The van der Waals surface area contributed by atoms with Gasteiger partial charge in [0.15, 0.2) is 5.95 Å². The van der Waals surface area contributed by atoms with Crippen LogP contribution in [0.25, 0.3) is 0 Å². The summed E-state index contributed by atoms with van der Waals surface area (Å²) in [6.45, 7) is -0.484. The van der Waals surface area contributed by atoms with Crippen molar-refractivity contribution in [3.05, 3.63) is 22.1 Å². The van der Waals surface area contributed by atoms with Gasteiger partial charge in [-0.15, -0.1) is 0 Å². The first kappa shape index (κ1) is 15.1. The van der Waals surface area contributed by atoms with Crippen molar-refractivity contribution in [1.29, 1.82) is 0 Å². The Morgan fingerprint density at radius 1 is 1.60 bits per heavy atom. The zero-order valence-electron chi connectivity index (χ0n) is 10.2. The largest absolute Gasteiger partial charge is 0.469 e. The summed E-state index contributed by atoms with van der Waals surface area (Å²) in [6.07, 6.45) is -1.37. The number of anilines is 1. The molecule has 2 heterocycles. The van der Waals surface area contributed by atoms with E-state index >= 15 is 0 Å². The van der Waals surface area contributed by atoms with Gasteiger partial charge in [0, 0.05) is 12.6 Å². The number of nitrogen functional groups attached to an aromatic ring is 1. The molecule has 0 radical (unpaired) electrons. The molecule has 3 atom stereocenters. The molecule has 20 heavy (non-hydrogen) atoms. The van der Waals surface area contributed by atoms with Gasteiger partial charge >= 0.3 is 7.82 Å². The Hall–Kier alpha value is -1.29. The number of nitrogens with one attached hydrogen (secondary N) is 1. The van der Waals surface area contributed by atoms with E-state index in [1.165, 1.54) is 6.20 Å². The van der Waals surface area contributed by atoms with E-state index in [1.807, 2.05) is 0 Å². The maximum Gasteiger partial charge on any atom is 0.469 e. The Morgan fingerprint density at radius 2 is 2.30 bits per heavy atom. The van der Waals surface area contributed by atoms with Crippen molar-refractivity contribution in [1.82, 2.24) is 9.97 Å². The van der Waals surface area contributed by atoms with E-state index in [0.29, 0.717) is 0 Å². The predicted octanol–water partition coefficient (Wildman–Crippen LogP) is -1.35. The van der Waals surface area contributed by atoms with Gasteiger partial charge in [-0.3, -0.25) is 14.3 Å². The summed E-state index contributed by atoms with van der Waals surface area (Å²) in [6, 6.07) is 0. The van der Waals surface area contributed by atoms with Crippen molar-refractivity contribution in [3.8, 4) is 0 Å². The van der Waals surface area contributed by atoms with Gasteiger partial charge in [-0.05, 0) is 0 Å². The fourth-order valence-electron chi connectivity index (χ4n) is 1.90. The number of phosphoric ester groups is 1. The molecule has 6 N–H and O–H groups in total. The van der Waals surface area contributed by atoms with Gasteiger partial charge in [0.25, 0.3) is 5.56 Å². The number of ether oxygens (including phenoxy) is 1. The average molecular weight is 307 g/mol. The highest BCUT2D eigenvalue weighted by molar-refractivity contribution is 7.46. The molecule has 11 heteroatoms. The lowest BCUT2D eigenvalue weighted by molar-refractivity contribution is -0.0225. The fourth-order valence-corrected chi connectivity index (χ4v) is 2.24. The van der Waals surface area contributed by atoms with Crippen LogP contribution in [0.1, 0.15) is 18.1 Å². The van der Waals surface area contributed by atoms with E-state index in [1.54, 1.807) is 0 Å². The van der Waals surface area contributed by atoms with Crippen LogP contribution < -0.4 is 11.3 Å². The summed E-state index contributed by atoms with van der Waals surface area (Å²) in [5.74, 6) is -0.0429. The summed E-state index contributed by atoms with van der Waals surface area (Å²) >= 11 is 0. The van der Waals surface area contributed by atoms with Gasteiger partial charge < -0.3 is 25.4 Å². The molecule has 2 rings (SSSR count). The number of rotatable bonds is 4. The molecule has 1 aliphatic heterocycles. The van der Waals surface area contributed by atoms with Gasteiger partial charge in [0.2, 0.25) is 0 Å². The van der Waals surface area contributed by atoms with E-state index in [2.05, 4.69) is 14.5 Å². The number of nitrogens with two attached hydrogens (primary N) is 1. The molecular weight excluding hydrogens is 293 g/mol. The highest BCUT2D eigenvalue weighted by atomic mass is 31.2. The minimum absolute atomic E-state index is 0.0429. The number of aliphatic hydroxyl groups excluding tert-OH is 1. The third kappa shape index (κ3) is 3.63. The van der Waals surface area contributed by atoms with Crippen molar-refractivity contribution >= 4 is 13.8 Å². The van der Waals surface area contributed by atoms with Crippen LogP contribution in [0.4, 0.5) is 5.95 Å². The molecule has 0 amide bonds. The highest BCUT2D eigenvalue weighted by Crippen LogP contribution is 2.38. The summed E-state index contributed by atoms with van der Waals surface area (Å²) < 4.78 is 20.2. The second-order valence-corrected chi connectivity index (χ2v) is 5.54. The molecule has 10 nitrogen and oxygen atoms in total. The van der Waals surface area contributed by atoms with E-state index in [9.17, 15) is 14.5 Å². The second-order valence-electron chi connectivity index (χ2n) is 4.31. The highest BCUT2D eigenvalue weighted by Gasteiger charge is 2.37. The number of nitrogens with zero attached hydrogens (tertiary/aromatic N) is 1. The predicted molar refractivity (Wildman–Crippen MR) is 65.5 cm³/mol. The van der Waals surface area contributed by atoms with Crippen LogP contribution in [0.2, 0.25) is 0 Å². The van der Waals surface area contributed by atoms with E-state index in [4.69, 9.17) is 20.3 Å². The third-order valence-electron chi connectivity index (χ3n) is 2.82. The topological polar surface area (TPSA) is 168 Å². The number of H-pyrrole nitrogens is 1. The molecule has 1 fully saturated rings. The number of aromatic nitrogens is 2. The van der Waals surface area contributed by atoms with E-state index in [-0.39, 0.29) is 17.9 Å². The Morgan fingerprint density at radius 3 is 2.90 bits per heavy atom. The molecule has 0 saturated carbocycles. The Labute approximate surface area is 112 Å². The Bertz CT molecular complexity index is 585. The van der Waals surface area contributed by atoms with Gasteiger partial charge in [-0.25, -0.2) is 9.55 Å². The first-order valence-corrected chi connectivity index (χ1v) is 7.17. The number of hydrogen-bond donors (Lipinski definition) is 5. The standard InChI is InChI=1S/C9H14N3O7P/c10-9-11-2-4(8(14)12-9)6-1-5(13)7(19-6)3-18-20(15,16)17/h2,5-7,13H,1,3H2,(H2,15,16,17)(H3,10,11,12,14)/t5-,6+,7+/m0/s1. The first-order chi connectivity index (χ1) is 9.26. The average Bonchev–Trinajstić information content (AvgIpc) is 2.67. The van der Waals surface area contributed by atoms with Gasteiger partial charge in [-0.1, -0.05) is 0 Å². The van der Waals surface area contributed by atoms with Crippen LogP contribution in [0.5, 0.6) is 0 Å². The van der Waals surface area contributed by atoms with Crippen LogP contribution in [0.3, 0.4) is 0 Å². The SMILES string of the molecule is Nc1ncc([C@H]2C[C@H](O)[C@@H](COP(=O)(O)O)O2)c(=O)[nH]1. The molecule has 0 aromatic carbocycles. The van der Waals surface area contributed by atoms with Crippen molar-refractivity contribution < 1.29 is 28.7 Å². The third-order valence-corrected chi connectivity index (χ3v) is 3.31. The van der Waals surface area contributed by atoms with Gasteiger partial charge in [0.05, 0.1) is 24.4 Å². The zero-order valence-corrected chi connectivity index (χ0v) is 11.1. The van der Waals surface area contributed by atoms with Crippen LogP contribution in [0.15, 0.2) is 11.0 Å². The van der Waals surface area contributed by atoms with Crippen LogP contribution in [0, 0.1) is 0 Å². The monoisotopic (exact) mass is 307 g/mol. The number of hydrogen-bond acceptors (Lipinski definition) is 7. The lowest BCUT2D eigenvalue weighted by atomic mass is 10.1. The minimum Gasteiger partial charge on any atom is -0.390 e. The number of aromatic amines is 1. The zero-order chi connectivity index (χ0) is 14.9. The maximum atomic E-state index is 11.7. The molecule has 1 aromatic heterocycles. The molecule has 112 valence electrons. The molecule has 0 aliphatic carbocycles.